The number of hydrogen-bond donors (Lipinski definition) is 0. The fraction of sp³-hybridized carbons (Fsp3) is 0. The lowest BCUT2D eigenvalue weighted by atomic mass is 9.94. The van der Waals surface area contributed by atoms with E-state index in [1.807, 2.05) is 0 Å². The Kier molecular flexibility index (Phi) is 9.17. The van der Waals surface area contributed by atoms with E-state index in [1.54, 1.807) is 0 Å². The summed E-state index contributed by atoms with van der Waals surface area (Å²) in [5.41, 5.74) is 14.3. The van der Waals surface area contributed by atoms with Crippen molar-refractivity contribution in [1.82, 2.24) is 0 Å². The molecule has 0 spiro atoms. The van der Waals surface area contributed by atoms with Crippen molar-refractivity contribution in [3.63, 3.8) is 0 Å². The molecular formula is C66H42N2O2. The third-order valence-electron chi connectivity index (χ3n) is 14.0. The first kappa shape index (κ1) is 39.8. The van der Waals surface area contributed by atoms with E-state index in [0.29, 0.717) is 0 Å². The molecule has 12 aromatic carbocycles. The monoisotopic (exact) mass is 894 g/mol. The van der Waals surface area contributed by atoms with Gasteiger partial charge in [0.25, 0.3) is 0 Å². The van der Waals surface area contributed by atoms with Crippen LogP contribution < -0.4 is 9.80 Å². The molecule has 2 aromatic heterocycles. The molecule has 0 amide bonds. The molecule has 0 N–H and O–H groups in total. The lowest BCUT2D eigenvalue weighted by Crippen LogP contribution is -2.10. The molecule has 70 heavy (non-hydrogen) atoms. The molecule has 14 rings (SSSR count). The van der Waals surface area contributed by atoms with E-state index >= 15 is 0 Å². The first-order valence-corrected chi connectivity index (χ1v) is 23.8. The van der Waals surface area contributed by atoms with Crippen LogP contribution in [-0.4, -0.2) is 0 Å². The molecule has 0 aliphatic carbocycles. The normalized spacial score (nSPS) is 11.7. The lowest BCUT2D eigenvalue weighted by molar-refractivity contribution is 0.634. The topological polar surface area (TPSA) is 32.8 Å². The third kappa shape index (κ3) is 6.31. The van der Waals surface area contributed by atoms with Crippen LogP contribution in [0, 0.1) is 0 Å². The number of furan rings is 2. The average Bonchev–Trinajstić information content (AvgIpc) is 4.02. The van der Waals surface area contributed by atoms with E-state index in [0.717, 1.165) is 122 Å². The first-order chi connectivity index (χ1) is 34.7. The Labute approximate surface area is 404 Å². The molecule has 0 saturated heterocycles. The largest absolute Gasteiger partial charge is 0.452 e. The molecule has 2 heterocycles. The zero-order valence-electron chi connectivity index (χ0n) is 38.0. The van der Waals surface area contributed by atoms with Gasteiger partial charge in [-0.3, -0.25) is 0 Å². The Hall–Kier alpha value is -9.38. The summed E-state index contributed by atoms with van der Waals surface area (Å²) in [6, 6.07) is 90.8. The van der Waals surface area contributed by atoms with Crippen LogP contribution in [0.15, 0.2) is 264 Å². The van der Waals surface area contributed by atoms with Gasteiger partial charge in [-0.1, -0.05) is 170 Å². The van der Waals surface area contributed by atoms with Crippen LogP contribution >= 0.6 is 0 Å². The van der Waals surface area contributed by atoms with E-state index in [1.165, 1.54) is 10.8 Å². The summed E-state index contributed by atoms with van der Waals surface area (Å²) in [4.78, 5) is 4.68. The van der Waals surface area contributed by atoms with Gasteiger partial charge in [0.1, 0.15) is 11.2 Å². The molecule has 4 heteroatoms. The molecule has 0 aliphatic heterocycles. The van der Waals surface area contributed by atoms with Crippen LogP contribution in [0.4, 0.5) is 34.1 Å². The van der Waals surface area contributed by atoms with E-state index in [9.17, 15) is 0 Å². The summed E-state index contributed by atoms with van der Waals surface area (Å²) < 4.78 is 14.1. The van der Waals surface area contributed by atoms with E-state index in [2.05, 4.69) is 265 Å². The SMILES string of the molecule is c1ccc(N(c2ccccc2)c2ccc(-c3ccc4c(c3)oc3c5oc6cc(-c7ccc(N(c8ccccc8)c8ccccc8)c8ccccc78)ccc6c5c5ccccc5c43)c3ccccc23)cc1. The zero-order chi connectivity index (χ0) is 46.1. The van der Waals surface area contributed by atoms with Gasteiger partial charge in [-0.15, -0.1) is 0 Å². The number of anilines is 6. The second-order valence-corrected chi connectivity index (χ2v) is 17.9. The predicted molar refractivity (Wildman–Crippen MR) is 294 cm³/mol. The van der Waals surface area contributed by atoms with E-state index in [4.69, 9.17) is 8.83 Å². The van der Waals surface area contributed by atoms with Crippen molar-refractivity contribution in [3.05, 3.63) is 255 Å². The molecular weight excluding hydrogens is 853 g/mol. The standard InChI is InChI=1S/C66H42N2O2/c1-5-19-45(20-6-1)67(46-21-7-2-8-22-46)59-39-37-49(51-27-13-15-29-53(51)59)43-33-35-57-61(41-43)69-65-63(57)55-31-17-18-32-56(55)64-58-36-34-44(42-62(58)70-66(64)65)50-38-40-60(54-30-16-14-28-52(50)54)68(47-23-9-3-10-24-47)48-25-11-4-12-26-48/h1-42H. The maximum Gasteiger partial charge on any atom is 0.179 e. The minimum absolute atomic E-state index is 0.761. The predicted octanol–water partition coefficient (Wildman–Crippen LogP) is 19.2. The van der Waals surface area contributed by atoms with Crippen molar-refractivity contribution in [2.24, 2.45) is 0 Å². The van der Waals surface area contributed by atoms with E-state index < -0.39 is 0 Å². The first-order valence-electron chi connectivity index (χ1n) is 23.8. The second-order valence-electron chi connectivity index (χ2n) is 17.9. The molecule has 0 unspecified atom stereocenters. The van der Waals surface area contributed by atoms with Crippen LogP contribution in [0.25, 0.3) is 98.4 Å². The Morgan fingerprint density at radius 2 is 0.557 bits per heavy atom. The Morgan fingerprint density at radius 3 is 0.914 bits per heavy atom. The summed E-state index contributed by atoms with van der Waals surface area (Å²) in [5.74, 6) is 0. The molecule has 0 radical (unpaired) electrons. The maximum absolute atomic E-state index is 7.03. The highest BCUT2D eigenvalue weighted by molar-refractivity contribution is 6.33. The van der Waals surface area contributed by atoms with Crippen molar-refractivity contribution in [1.29, 1.82) is 0 Å². The minimum atomic E-state index is 0.761. The summed E-state index contributed by atoms with van der Waals surface area (Å²) in [6.45, 7) is 0. The highest BCUT2D eigenvalue weighted by Crippen LogP contribution is 2.48. The highest BCUT2D eigenvalue weighted by Gasteiger charge is 2.24. The number of nitrogens with zero attached hydrogens (tertiary/aromatic N) is 2. The number of hydrogen-bond acceptors (Lipinski definition) is 4. The minimum Gasteiger partial charge on any atom is -0.452 e. The summed E-state index contributed by atoms with van der Waals surface area (Å²) >= 11 is 0. The van der Waals surface area contributed by atoms with Crippen LogP contribution in [0.1, 0.15) is 0 Å². The Balaban J connectivity index is 0.911. The van der Waals surface area contributed by atoms with Crippen LogP contribution in [0.3, 0.4) is 0 Å². The van der Waals surface area contributed by atoms with E-state index in [-0.39, 0.29) is 0 Å². The van der Waals surface area contributed by atoms with Gasteiger partial charge in [0.15, 0.2) is 11.2 Å². The van der Waals surface area contributed by atoms with Crippen molar-refractivity contribution < 1.29 is 8.83 Å². The van der Waals surface area contributed by atoms with Gasteiger partial charge in [-0.05, 0) is 129 Å². The van der Waals surface area contributed by atoms with Gasteiger partial charge in [-0.25, -0.2) is 0 Å². The van der Waals surface area contributed by atoms with Crippen molar-refractivity contribution in [2.45, 2.75) is 0 Å². The van der Waals surface area contributed by atoms with Crippen molar-refractivity contribution >= 4 is 110 Å². The van der Waals surface area contributed by atoms with Crippen molar-refractivity contribution in [2.75, 3.05) is 9.80 Å². The molecule has 0 saturated carbocycles. The zero-order valence-corrected chi connectivity index (χ0v) is 38.0. The average molecular weight is 895 g/mol. The summed E-state index contributed by atoms with van der Waals surface area (Å²) in [6.07, 6.45) is 0. The molecule has 0 bridgehead atoms. The smallest absolute Gasteiger partial charge is 0.179 e. The number of rotatable bonds is 8. The van der Waals surface area contributed by atoms with Crippen molar-refractivity contribution in [3.8, 4) is 22.3 Å². The number of fused-ring (bicyclic) bond motifs is 12. The fourth-order valence-electron chi connectivity index (χ4n) is 10.9. The van der Waals surface area contributed by atoms with Crippen LogP contribution in [0.5, 0.6) is 0 Å². The molecule has 0 aliphatic rings. The summed E-state index contributed by atoms with van der Waals surface area (Å²) in [5, 5.41) is 11.2. The Bertz CT molecular complexity index is 3940. The molecule has 328 valence electrons. The van der Waals surface area contributed by atoms with Gasteiger partial charge >= 0.3 is 0 Å². The fourth-order valence-corrected chi connectivity index (χ4v) is 10.9. The molecule has 14 aromatic rings. The maximum atomic E-state index is 7.03. The van der Waals surface area contributed by atoms with Gasteiger partial charge in [0.2, 0.25) is 0 Å². The molecule has 0 fully saturated rings. The van der Waals surface area contributed by atoms with Gasteiger partial charge in [-0.2, -0.15) is 0 Å². The van der Waals surface area contributed by atoms with Crippen LogP contribution in [-0.2, 0) is 0 Å². The number of para-hydroxylation sites is 4. The lowest BCUT2D eigenvalue weighted by Gasteiger charge is -2.27. The van der Waals surface area contributed by atoms with Crippen LogP contribution in [0.2, 0.25) is 0 Å². The third-order valence-corrected chi connectivity index (χ3v) is 14.0. The van der Waals surface area contributed by atoms with Gasteiger partial charge in [0.05, 0.1) is 11.4 Å². The second kappa shape index (κ2) is 16.2. The highest BCUT2D eigenvalue weighted by atomic mass is 16.4. The van der Waals surface area contributed by atoms with Gasteiger partial charge in [0, 0.05) is 55.1 Å². The Morgan fingerprint density at radius 1 is 0.243 bits per heavy atom. The van der Waals surface area contributed by atoms with Gasteiger partial charge < -0.3 is 18.6 Å². The quantitative estimate of drug-likeness (QED) is 0.152. The summed E-state index contributed by atoms with van der Waals surface area (Å²) in [7, 11) is 0. The molecule has 4 nitrogen and oxygen atoms in total. The molecule has 0 atom stereocenters. The number of benzene rings is 12.